The van der Waals surface area contributed by atoms with Gasteiger partial charge < -0.3 is 4.74 Å². The summed E-state index contributed by atoms with van der Waals surface area (Å²) in [6, 6.07) is 18.3. The Kier molecular flexibility index (Phi) is 2.82. The van der Waals surface area contributed by atoms with Gasteiger partial charge in [0.25, 0.3) is 0 Å². The molecule has 0 aliphatic heterocycles. The van der Waals surface area contributed by atoms with Gasteiger partial charge in [0.05, 0.1) is 15.9 Å². The number of hydrogen-bond acceptors (Lipinski definition) is 4. The summed E-state index contributed by atoms with van der Waals surface area (Å²) in [7, 11) is 0. The molecule has 2 aromatic carbocycles. The summed E-state index contributed by atoms with van der Waals surface area (Å²) in [4.78, 5) is 9.07. The Balaban J connectivity index is 1.89. The average Bonchev–Trinajstić information content (AvgIpc) is 2.88. The van der Waals surface area contributed by atoms with Crippen LogP contribution in [0.3, 0.4) is 0 Å². The summed E-state index contributed by atoms with van der Waals surface area (Å²) in [6.07, 6.45) is 0. The number of para-hydroxylation sites is 1. The first-order chi connectivity index (χ1) is 10.3. The molecule has 0 atom stereocenters. The number of ether oxygens (including phenoxy) is 1. The molecule has 0 amide bonds. The lowest BCUT2D eigenvalue weighted by Gasteiger charge is -2.04. The fourth-order valence-electron chi connectivity index (χ4n) is 2.34. The SMILES string of the molecule is Cc1nc(Oc2ccccc2)nc2c1sc1ccccc12. The van der Waals surface area contributed by atoms with E-state index in [-0.39, 0.29) is 0 Å². The summed E-state index contributed by atoms with van der Waals surface area (Å²) in [5.74, 6) is 0.746. The first-order valence-corrected chi connectivity index (χ1v) is 7.52. The molecule has 4 rings (SSSR count). The van der Waals surface area contributed by atoms with E-state index in [1.807, 2.05) is 49.4 Å². The maximum absolute atomic E-state index is 5.77. The van der Waals surface area contributed by atoms with Crippen molar-refractivity contribution in [2.24, 2.45) is 0 Å². The topological polar surface area (TPSA) is 35.0 Å². The van der Waals surface area contributed by atoms with Crippen molar-refractivity contribution < 1.29 is 4.74 Å². The van der Waals surface area contributed by atoms with Crippen molar-refractivity contribution in [3.05, 3.63) is 60.3 Å². The number of benzene rings is 2. The van der Waals surface area contributed by atoms with Gasteiger partial charge in [-0.1, -0.05) is 36.4 Å². The van der Waals surface area contributed by atoms with Crippen LogP contribution in [0.25, 0.3) is 20.3 Å². The lowest BCUT2D eigenvalue weighted by Crippen LogP contribution is -1.93. The van der Waals surface area contributed by atoms with Crippen molar-refractivity contribution in [3.63, 3.8) is 0 Å². The summed E-state index contributed by atoms with van der Waals surface area (Å²) < 4.78 is 8.11. The number of thiophene rings is 1. The zero-order chi connectivity index (χ0) is 14.2. The van der Waals surface area contributed by atoms with Crippen molar-refractivity contribution >= 4 is 31.6 Å². The average molecular weight is 292 g/mol. The third kappa shape index (κ3) is 2.14. The van der Waals surface area contributed by atoms with Gasteiger partial charge in [-0.25, -0.2) is 0 Å². The molecule has 2 heterocycles. The molecule has 0 N–H and O–H groups in total. The van der Waals surface area contributed by atoms with Crippen molar-refractivity contribution in [1.82, 2.24) is 9.97 Å². The normalized spacial score (nSPS) is 11.1. The minimum Gasteiger partial charge on any atom is -0.424 e. The highest BCUT2D eigenvalue weighted by atomic mass is 32.1. The number of aryl methyl sites for hydroxylation is 1. The molecule has 0 saturated carbocycles. The maximum Gasteiger partial charge on any atom is 0.322 e. The van der Waals surface area contributed by atoms with Crippen LogP contribution in [0.4, 0.5) is 0 Å². The van der Waals surface area contributed by atoms with Crippen molar-refractivity contribution in [2.45, 2.75) is 6.92 Å². The summed E-state index contributed by atoms with van der Waals surface area (Å²) in [5, 5.41) is 1.15. The van der Waals surface area contributed by atoms with Crippen LogP contribution in [0.2, 0.25) is 0 Å². The zero-order valence-electron chi connectivity index (χ0n) is 11.4. The van der Waals surface area contributed by atoms with Gasteiger partial charge in [0.2, 0.25) is 0 Å². The Morgan fingerprint density at radius 2 is 1.67 bits per heavy atom. The van der Waals surface area contributed by atoms with Crippen LogP contribution in [0, 0.1) is 6.92 Å². The second-order valence-electron chi connectivity index (χ2n) is 4.78. The maximum atomic E-state index is 5.77. The molecular weight excluding hydrogens is 280 g/mol. The predicted molar refractivity (Wildman–Crippen MR) is 86.2 cm³/mol. The van der Waals surface area contributed by atoms with E-state index in [2.05, 4.69) is 22.1 Å². The van der Waals surface area contributed by atoms with Gasteiger partial charge in [0.15, 0.2) is 0 Å². The molecule has 0 spiro atoms. The van der Waals surface area contributed by atoms with Crippen LogP contribution < -0.4 is 4.74 Å². The lowest BCUT2D eigenvalue weighted by molar-refractivity contribution is 0.443. The summed E-state index contributed by atoms with van der Waals surface area (Å²) in [6.45, 7) is 2.00. The van der Waals surface area contributed by atoms with Gasteiger partial charge >= 0.3 is 6.01 Å². The molecule has 0 fully saturated rings. The lowest BCUT2D eigenvalue weighted by atomic mass is 10.2. The van der Waals surface area contributed by atoms with Crippen LogP contribution in [-0.4, -0.2) is 9.97 Å². The molecule has 102 valence electrons. The monoisotopic (exact) mass is 292 g/mol. The Labute approximate surface area is 125 Å². The first kappa shape index (κ1) is 12.3. The summed E-state index contributed by atoms with van der Waals surface area (Å²) in [5.41, 5.74) is 1.92. The van der Waals surface area contributed by atoms with Crippen molar-refractivity contribution in [3.8, 4) is 11.8 Å². The van der Waals surface area contributed by atoms with E-state index in [0.29, 0.717) is 6.01 Å². The molecule has 0 saturated heterocycles. The molecule has 2 aromatic heterocycles. The Morgan fingerprint density at radius 3 is 2.52 bits per heavy atom. The van der Waals surface area contributed by atoms with Gasteiger partial charge in [0.1, 0.15) is 5.75 Å². The minimum atomic E-state index is 0.398. The number of aromatic nitrogens is 2. The third-order valence-corrected chi connectivity index (χ3v) is 4.59. The van der Waals surface area contributed by atoms with E-state index in [4.69, 9.17) is 4.74 Å². The van der Waals surface area contributed by atoms with Crippen molar-refractivity contribution in [2.75, 3.05) is 0 Å². The second-order valence-corrected chi connectivity index (χ2v) is 5.83. The highest BCUT2D eigenvalue weighted by Crippen LogP contribution is 2.35. The largest absolute Gasteiger partial charge is 0.424 e. The standard InChI is InChI=1S/C17H12N2OS/c1-11-16-15(13-9-5-6-10-14(13)21-16)19-17(18-11)20-12-7-3-2-4-8-12/h2-10H,1H3. The molecular formula is C17H12N2OS. The van der Waals surface area contributed by atoms with E-state index < -0.39 is 0 Å². The van der Waals surface area contributed by atoms with Crippen LogP contribution >= 0.6 is 11.3 Å². The van der Waals surface area contributed by atoms with E-state index in [0.717, 1.165) is 27.0 Å². The zero-order valence-corrected chi connectivity index (χ0v) is 12.2. The Morgan fingerprint density at radius 1 is 0.905 bits per heavy atom. The smallest absolute Gasteiger partial charge is 0.322 e. The third-order valence-electron chi connectivity index (χ3n) is 3.32. The molecule has 0 aliphatic carbocycles. The van der Waals surface area contributed by atoms with Crippen LogP contribution in [0.5, 0.6) is 11.8 Å². The molecule has 0 radical (unpaired) electrons. The van der Waals surface area contributed by atoms with Gasteiger partial charge in [-0.05, 0) is 25.1 Å². The second kappa shape index (κ2) is 4.82. The summed E-state index contributed by atoms with van der Waals surface area (Å²) >= 11 is 1.72. The molecule has 4 aromatic rings. The molecule has 3 nitrogen and oxygen atoms in total. The number of hydrogen-bond donors (Lipinski definition) is 0. The minimum absolute atomic E-state index is 0.398. The van der Waals surface area contributed by atoms with Gasteiger partial charge in [0, 0.05) is 10.1 Å². The van der Waals surface area contributed by atoms with Gasteiger partial charge in [-0.3, -0.25) is 0 Å². The van der Waals surface area contributed by atoms with E-state index in [1.165, 1.54) is 4.70 Å². The van der Waals surface area contributed by atoms with Crippen LogP contribution in [-0.2, 0) is 0 Å². The molecule has 0 aliphatic rings. The van der Waals surface area contributed by atoms with E-state index in [1.54, 1.807) is 11.3 Å². The van der Waals surface area contributed by atoms with Gasteiger partial charge in [-0.2, -0.15) is 9.97 Å². The highest BCUT2D eigenvalue weighted by Gasteiger charge is 2.12. The first-order valence-electron chi connectivity index (χ1n) is 6.70. The number of nitrogens with zero attached hydrogens (tertiary/aromatic N) is 2. The fraction of sp³-hybridized carbons (Fsp3) is 0.0588. The molecule has 0 bridgehead atoms. The Bertz CT molecular complexity index is 931. The van der Waals surface area contributed by atoms with Gasteiger partial charge in [-0.15, -0.1) is 11.3 Å². The van der Waals surface area contributed by atoms with E-state index in [9.17, 15) is 0 Å². The number of fused-ring (bicyclic) bond motifs is 3. The van der Waals surface area contributed by atoms with Crippen LogP contribution in [0.15, 0.2) is 54.6 Å². The number of rotatable bonds is 2. The quantitative estimate of drug-likeness (QED) is 0.524. The molecule has 0 unspecified atom stereocenters. The van der Waals surface area contributed by atoms with Crippen LogP contribution in [0.1, 0.15) is 5.69 Å². The highest BCUT2D eigenvalue weighted by molar-refractivity contribution is 7.25. The Hall–Kier alpha value is -2.46. The fourth-order valence-corrected chi connectivity index (χ4v) is 3.43. The molecule has 21 heavy (non-hydrogen) atoms. The predicted octanol–water partition coefficient (Wildman–Crippen LogP) is 4.95. The van der Waals surface area contributed by atoms with Crippen molar-refractivity contribution in [1.29, 1.82) is 0 Å². The molecule has 4 heteroatoms. The van der Waals surface area contributed by atoms with E-state index >= 15 is 0 Å².